The summed E-state index contributed by atoms with van der Waals surface area (Å²) < 4.78 is 0. The van der Waals surface area contributed by atoms with Crippen LogP contribution in [0.25, 0.3) is 0 Å². The Morgan fingerprint density at radius 3 is 2.29 bits per heavy atom. The molecule has 4 N–H and O–H groups in total. The normalized spacial score (nSPS) is 16.5. The molecule has 1 saturated carbocycles. The van der Waals surface area contributed by atoms with Crippen molar-refractivity contribution in [1.29, 1.82) is 0 Å². The quantitative estimate of drug-likeness (QED) is 0.500. The smallest absolute Gasteiger partial charge is 0.185 e. The molecule has 1 aliphatic rings. The monoisotopic (exact) mass is 345 g/mol. The third-order valence-electron chi connectivity index (χ3n) is 3.43. The van der Waals surface area contributed by atoms with Crippen LogP contribution in [0, 0.1) is 5.41 Å². The van der Waals surface area contributed by atoms with E-state index in [9.17, 15) is 0 Å². The Hall–Kier alpha value is -0.780. The second-order valence-electron chi connectivity index (χ2n) is 4.76. The zero-order chi connectivity index (χ0) is 11.4. The van der Waals surface area contributed by atoms with Gasteiger partial charge < -0.3 is 11.5 Å². The maximum Gasteiger partial charge on any atom is 0.185 e. The lowest BCUT2D eigenvalue weighted by Crippen LogP contribution is -2.36. The molecule has 0 unspecified atom stereocenters. The van der Waals surface area contributed by atoms with E-state index in [2.05, 4.69) is 29.3 Å². The van der Waals surface area contributed by atoms with Crippen LogP contribution in [0.3, 0.4) is 0 Å². The van der Waals surface area contributed by atoms with Crippen molar-refractivity contribution in [2.45, 2.75) is 25.7 Å². The Morgan fingerprint density at radius 2 is 1.82 bits per heavy atom. The molecule has 0 bridgehead atoms. The minimum absolute atomic E-state index is 0. The summed E-state index contributed by atoms with van der Waals surface area (Å²) in [4.78, 5) is 4.19. The van der Waals surface area contributed by atoms with Crippen LogP contribution in [0.5, 0.6) is 0 Å². The fraction of sp³-hybridized carbons (Fsp3) is 0.462. The van der Waals surface area contributed by atoms with E-state index in [4.69, 9.17) is 11.5 Å². The lowest BCUT2D eigenvalue weighted by Gasteiger charge is -2.41. The van der Waals surface area contributed by atoms with Crippen molar-refractivity contribution in [3.05, 3.63) is 35.9 Å². The highest BCUT2D eigenvalue weighted by Crippen LogP contribution is 2.43. The van der Waals surface area contributed by atoms with Gasteiger partial charge in [-0.3, -0.25) is 4.99 Å². The lowest BCUT2D eigenvalue weighted by atomic mass is 9.65. The predicted octanol–water partition coefficient (Wildman–Crippen LogP) is 2.29. The number of hydrogen-bond acceptors (Lipinski definition) is 1. The molecule has 3 nitrogen and oxygen atoms in total. The summed E-state index contributed by atoms with van der Waals surface area (Å²) in [5, 5.41) is 0. The molecule has 0 heterocycles. The van der Waals surface area contributed by atoms with Crippen LogP contribution < -0.4 is 11.5 Å². The van der Waals surface area contributed by atoms with Gasteiger partial charge in [-0.1, -0.05) is 36.8 Å². The molecule has 0 spiro atoms. The van der Waals surface area contributed by atoms with Crippen molar-refractivity contribution in [3.8, 4) is 0 Å². The average molecular weight is 345 g/mol. The first-order valence-electron chi connectivity index (χ1n) is 5.80. The molecular weight excluding hydrogens is 325 g/mol. The SMILES string of the molecule is I.NC(N)=NCC1(Cc2ccccc2)CCC1. The first-order chi connectivity index (χ1) is 7.70. The summed E-state index contributed by atoms with van der Waals surface area (Å²) in [7, 11) is 0. The molecule has 0 aliphatic heterocycles. The van der Waals surface area contributed by atoms with Crippen molar-refractivity contribution < 1.29 is 0 Å². The summed E-state index contributed by atoms with van der Waals surface area (Å²) in [5.41, 5.74) is 12.5. The van der Waals surface area contributed by atoms with Gasteiger partial charge in [0.05, 0.1) is 0 Å². The summed E-state index contributed by atoms with van der Waals surface area (Å²) in [6.45, 7) is 0.768. The van der Waals surface area contributed by atoms with Crippen LogP contribution in [0.1, 0.15) is 24.8 Å². The van der Waals surface area contributed by atoms with Gasteiger partial charge in [0.1, 0.15) is 0 Å². The number of hydrogen-bond donors (Lipinski definition) is 2. The highest BCUT2D eigenvalue weighted by molar-refractivity contribution is 14.0. The Balaban J connectivity index is 0.00000144. The molecule has 1 aromatic rings. The summed E-state index contributed by atoms with van der Waals surface area (Å²) in [5.74, 6) is 0.208. The Bertz CT molecular complexity index is 368. The van der Waals surface area contributed by atoms with Crippen LogP contribution in [-0.4, -0.2) is 12.5 Å². The standard InChI is InChI=1S/C13H19N3.HI/c14-12(15)16-10-13(7-4-8-13)9-11-5-2-1-3-6-11;/h1-3,5-6H,4,7-10H2,(H4,14,15,16);1H. The third-order valence-corrected chi connectivity index (χ3v) is 3.43. The summed E-state index contributed by atoms with van der Waals surface area (Å²) in [6, 6.07) is 10.6. The molecule has 1 aromatic carbocycles. The van der Waals surface area contributed by atoms with Crippen LogP contribution in [0.2, 0.25) is 0 Å². The van der Waals surface area contributed by atoms with Crippen LogP contribution in [0.4, 0.5) is 0 Å². The van der Waals surface area contributed by atoms with E-state index in [0.29, 0.717) is 5.41 Å². The van der Waals surface area contributed by atoms with Crippen molar-refractivity contribution in [1.82, 2.24) is 0 Å². The topological polar surface area (TPSA) is 64.4 Å². The molecule has 0 amide bonds. The van der Waals surface area contributed by atoms with Crippen molar-refractivity contribution >= 4 is 29.9 Å². The van der Waals surface area contributed by atoms with E-state index in [1.807, 2.05) is 6.07 Å². The van der Waals surface area contributed by atoms with Gasteiger partial charge >= 0.3 is 0 Å². The Kier molecular flexibility index (Phi) is 5.24. The van der Waals surface area contributed by atoms with Gasteiger partial charge in [0, 0.05) is 6.54 Å². The molecule has 2 rings (SSSR count). The second kappa shape index (κ2) is 6.23. The highest BCUT2D eigenvalue weighted by atomic mass is 127. The second-order valence-corrected chi connectivity index (χ2v) is 4.76. The Morgan fingerprint density at radius 1 is 1.18 bits per heavy atom. The minimum Gasteiger partial charge on any atom is -0.370 e. The van der Waals surface area contributed by atoms with Gasteiger partial charge in [-0.2, -0.15) is 0 Å². The molecule has 17 heavy (non-hydrogen) atoms. The van der Waals surface area contributed by atoms with Crippen molar-refractivity contribution in [2.75, 3.05) is 6.54 Å². The molecule has 0 radical (unpaired) electrons. The fourth-order valence-electron chi connectivity index (χ4n) is 2.36. The molecule has 0 atom stereocenters. The van der Waals surface area contributed by atoms with Gasteiger partial charge in [-0.15, -0.1) is 24.0 Å². The molecular formula is C13H20IN3. The van der Waals surface area contributed by atoms with Gasteiger partial charge in [-0.05, 0) is 30.2 Å². The van der Waals surface area contributed by atoms with Gasteiger partial charge in [0.15, 0.2) is 5.96 Å². The maximum absolute atomic E-state index is 5.40. The van der Waals surface area contributed by atoms with Gasteiger partial charge in [0.25, 0.3) is 0 Å². The summed E-state index contributed by atoms with van der Waals surface area (Å²) in [6.07, 6.45) is 4.86. The first kappa shape index (κ1) is 14.3. The van der Waals surface area contributed by atoms with E-state index >= 15 is 0 Å². The zero-order valence-corrected chi connectivity index (χ0v) is 12.3. The zero-order valence-electron chi connectivity index (χ0n) is 9.93. The average Bonchev–Trinajstić information content (AvgIpc) is 2.23. The van der Waals surface area contributed by atoms with E-state index in [-0.39, 0.29) is 29.9 Å². The largest absolute Gasteiger partial charge is 0.370 e. The van der Waals surface area contributed by atoms with Crippen LogP contribution in [-0.2, 0) is 6.42 Å². The number of halogens is 1. The molecule has 0 saturated heterocycles. The summed E-state index contributed by atoms with van der Waals surface area (Å²) >= 11 is 0. The fourth-order valence-corrected chi connectivity index (χ4v) is 2.36. The van der Waals surface area contributed by atoms with Gasteiger partial charge in [0.2, 0.25) is 0 Å². The molecule has 4 heteroatoms. The molecule has 0 aromatic heterocycles. The molecule has 1 aliphatic carbocycles. The number of rotatable bonds is 4. The highest BCUT2D eigenvalue weighted by Gasteiger charge is 2.36. The number of nitrogens with two attached hydrogens (primary N) is 2. The van der Waals surface area contributed by atoms with Crippen LogP contribution in [0.15, 0.2) is 35.3 Å². The number of guanidine groups is 1. The van der Waals surface area contributed by atoms with Crippen molar-refractivity contribution in [2.24, 2.45) is 21.9 Å². The van der Waals surface area contributed by atoms with Crippen LogP contribution >= 0.6 is 24.0 Å². The van der Waals surface area contributed by atoms with Crippen molar-refractivity contribution in [3.63, 3.8) is 0 Å². The minimum atomic E-state index is 0. The van der Waals surface area contributed by atoms with E-state index in [0.717, 1.165) is 13.0 Å². The maximum atomic E-state index is 5.40. The number of nitrogens with zero attached hydrogens (tertiary/aromatic N) is 1. The van der Waals surface area contributed by atoms with E-state index < -0.39 is 0 Å². The molecule has 1 fully saturated rings. The lowest BCUT2D eigenvalue weighted by molar-refractivity contribution is 0.145. The van der Waals surface area contributed by atoms with E-state index in [1.165, 1.54) is 24.8 Å². The van der Waals surface area contributed by atoms with E-state index in [1.54, 1.807) is 0 Å². The Labute approximate surface area is 120 Å². The van der Waals surface area contributed by atoms with Gasteiger partial charge in [-0.25, -0.2) is 0 Å². The predicted molar refractivity (Wildman–Crippen MR) is 82.5 cm³/mol. The number of aliphatic imine (C=N–C) groups is 1. The third kappa shape index (κ3) is 3.87. The number of benzene rings is 1. The first-order valence-corrected chi connectivity index (χ1v) is 5.80. The molecule has 94 valence electrons.